The van der Waals surface area contributed by atoms with Crippen LogP contribution in [0, 0.1) is 5.82 Å². The lowest BCUT2D eigenvalue weighted by Crippen LogP contribution is -2.10. The Labute approximate surface area is 118 Å². The first-order valence-corrected chi connectivity index (χ1v) is 6.14. The van der Waals surface area contributed by atoms with Crippen LogP contribution in [0.1, 0.15) is 10.4 Å². The molecule has 0 radical (unpaired) electrons. The van der Waals surface area contributed by atoms with Gasteiger partial charge >= 0.3 is 11.6 Å². The number of carbonyl (C=O) groups excluding carboxylic acids is 1. The molecule has 0 saturated heterocycles. The molecule has 0 saturated carbocycles. The fourth-order valence-corrected chi connectivity index (χ4v) is 1.89. The van der Waals surface area contributed by atoms with Crippen LogP contribution in [-0.4, -0.2) is 5.97 Å². The topological polar surface area (TPSA) is 56.5 Å². The van der Waals surface area contributed by atoms with E-state index in [2.05, 4.69) is 0 Å². The zero-order valence-corrected chi connectivity index (χ0v) is 10.7. The lowest BCUT2D eigenvalue weighted by atomic mass is 10.2. The van der Waals surface area contributed by atoms with Gasteiger partial charge in [-0.15, -0.1) is 0 Å². The van der Waals surface area contributed by atoms with Crippen molar-refractivity contribution in [3.63, 3.8) is 0 Å². The highest BCUT2D eigenvalue weighted by Crippen LogP contribution is 2.20. The zero-order valence-electron chi connectivity index (χ0n) is 10.7. The molecular weight excluding hydrogens is 275 g/mol. The van der Waals surface area contributed by atoms with Crippen LogP contribution in [-0.2, 0) is 0 Å². The van der Waals surface area contributed by atoms with Crippen molar-refractivity contribution in [1.82, 2.24) is 0 Å². The first-order chi connectivity index (χ1) is 10.1. The maximum Gasteiger partial charge on any atom is 0.346 e. The fraction of sp³-hybridized carbons (Fsp3) is 0. The average Bonchev–Trinajstić information content (AvgIpc) is 2.47. The summed E-state index contributed by atoms with van der Waals surface area (Å²) in [6, 6.07) is 13.0. The molecule has 104 valence electrons. The van der Waals surface area contributed by atoms with Gasteiger partial charge in [0.05, 0.1) is 5.56 Å². The summed E-state index contributed by atoms with van der Waals surface area (Å²) in [5.41, 5.74) is -0.367. The molecule has 0 N–H and O–H groups in total. The largest absolute Gasteiger partial charge is 0.423 e. The Morgan fingerprint density at radius 1 is 1.05 bits per heavy atom. The van der Waals surface area contributed by atoms with Crippen LogP contribution in [0.3, 0.4) is 0 Å². The third-order valence-electron chi connectivity index (χ3n) is 2.90. The number of rotatable bonds is 2. The molecular formula is C16H9FO4. The SMILES string of the molecule is O=C(Oc1ccc2ccc(=O)oc2c1)c1ccccc1F. The van der Waals surface area contributed by atoms with Crippen molar-refractivity contribution in [3.05, 3.63) is 76.4 Å². The highest BCUT2D eigenvalue weighted by molar-refractivity contribution is 5.91. The van der Waals surface area contributed by atoms with Gasteiger partial charge in [-0.1, -0.05) is 12.1 Å². The molecule has 0 bridgehead atoms. The third kappa shape index (κ3) is 2.67. The van der Waals surface area contributed by atoms with Gasteiger partial charge in [0, 0.05) is 17.5 Å². The smallest absolute Gasteiger partial charge is 0.346 e. The summed E-state index contributed by atoms with van der Waals surface area (Å²) in [5.74, 6) is -1.30. The van der Waals surface area contributed by atoms with E-state index < -0.39 is 17.4 Å². The highest BCUT2D eigenvalue weighted by Gasteiger charge is 2.13. The molecule has 0 amide bonds. The molecule has 0 aliphatic carbocycles. The molecule has 21 heavy (non-hydrogen) atoms. The van der Waals surface area contributed by atoms with Gasteiger partial charge < -0.3 is 9.15 Å². The minimum Gasteiger partial charge on any atom is -0.423 e. The van der Waals surface area contributed by atoms with E-state index in [1.165, 1.54) is 30.3 Å². The summed E-state index contributed by atoms with van der Waals surface area (Å²) >= 11 is 0. The third-order valence-corrected chi connectivity index (χ3v) is 2.90. The second-order valence-corrected chi connectivity index (χ2v) is 4.32. The van der Waals surface area contributed by atoms with Crippen LogP contribution in [0.4, 0.5) is 4.39 Å². The monoisotopic (exact) mass is 284 g/mol. The molecule has 0 atom stereocenters. The molecule has 4 nitrogen and oxygen atoms in total. The molecule has 1 aromatic heterocycles. The molecule has 0 spiro atoms. The van der Waals surface area contributed by atoms with Gasteiger partial charge in [0.25, 0.3) is 0 Å². The summed E-state index contributed by atoms with van der Waals surface area (Å²) in [5, 5.41) is 0.695. The number of carbonyl (C=O) groups is 1. The summed E-state index contributed by atoms with van der Waals surface area (Å²) in [6.07, 6.45) is 0. The number of benzene rings is 2. The van der Waals surface area contributed by atoms with Crippen LogP contribution in [0.15, 0.2) is 63.8 Å². The van der Waals surface area contributed by atoms with Crippen LogP contribution >= 0.6 is 0 Å². The molecule has 2 aromatic carbocycles. The number of fused-ring (bicyclic) bond motifs is 1. The minimum absolute atomic E-state index is 0.160. The van der Waals surface area contributed by atoms with E-state index in [1.54, 1.807) is 24.3 Å². The first kappa shape index (κ1) is 13.1. The Kier molecular flexibility index (Phi) is 3.23. The van der Waals surface area contributed by atoms with E-state index in [9.17, 15) is 14.0 Å². The van der Waals surface area contributed by atoms with E-state index in [-0.39, 0.29) is 11.3 Å². The van der Waals surface area contributed by atoms with Crippen molar-refractivity contribution >= 4 is 16.9 Å². The van der Waals surface area contributed by atoms with E-state index in [0.29, 0.717) is 11.0 Å². The van der Waals surface area contributed by atoms with Crippen molar-refractivity contribution in [1.29, 1.82) is 0 Å². The summed E-state index contributed by atoms with van der Waals surface area (Å²) in [7, 11) is 0. The number of hydrogen-bond acceptors (Lipinski definition) is 4. The quantitative estimate of drug-likeness (QED) is 0.412. The van der Waals surface area contributed by atoms with Crippen LogP contribution in [0.2, 0.25) is 0 Å². The van der Waals surface area contributed by atoms with Gasteiger partial charge in [0.15, 0.2) is 0 Å². The van der Waals surface area contributed by atoms with Crippen molar-refractivity contribution in [2.45, 2.75) is 0 Å². The molecule has 5 heteroatoms. The molecule has 0 unspecified atom stereocenters. The predicted molar refractivity (Wildman–Crippen MR) is 73.8 cm³/mol. The van der Waals surface area contributed by atoms with Gasteiger partial charge in [0.2, 0.25) is 0 Å². The second kappa shape index (κ2) is 5.20. The van der Waals surface area contributed by atoms with Gasteiger partial charge in [-0.2, -0.15) is 0 Å². The first-order valence-electron chi connectivity index (χ1n) is 6.14. The van der Waals surface area contributed by atoms with Gasteiger partial charge in [-0.05, 0) is 30.3 Å². The Morgan fingerprint density at radius 3 is 2.62 bits per heavy atom. The maximum atomic E-state index is 13.5. The summed E-state index contributed by atoms with van der Waals surface area (Å²) in [4.78, 5) is 23.0. The number of halogens is 1. The number of hydrogen-bond donors (Lipinski definition) is 0. The van der Waals surface area contributed by atoms with E-state index >= 15 is 0 Å². The maximum absolute atomic E-state index is 13.5. The Hall–Kier alpha value is -2.95. The second-order valence-electron chi connectivity index (χ2n) is 4.32. The lowest BCUT2D eigenvalue weighted by molar-refractivity contribution is 0.0730. The van der Waals surface area contributed by atoms with Gasteiger partial charge in [-0.25, -0.2) is 14.0 Å². The molecule has 1 heterocycles. The minimum atomic E-state index is -0.814. The molecule has 0 fully saturated rings. The molecule has 0 aliphatic heterocycles. The lowest BCUT2D eigenvalue weighted by Gasteiger charge is -2.05. The van der Waals surface area contributed by atoms with Crippen molar-refractivity contribution in [3.8, 4) is 5.75 Å². The molecule has 3 aromatic rings. The Bertz CT molecular complexity index is 883. The van der Waals surface area contributed by atoms with Crippen LogP contribution in [0.5, 0.6) is 5.75 Å². The van der Waals surface area contributed by atoms with Crippen molar-refractivity contribution in [2.24, 2.45) is 0 Å². The van der Waals surface area contributed by atoms with Gasteiger partial charge in [-0.3, -0.25) is 0 Å². The van der Waals surface area contributed by atoms with Crippen LogP contribution in [0.25, 0.3) is 11.0 Å². The van der Waals surface area contributed by atoms with E-state index in [4.69, 9.17) is 9.15 Å². The Morgan fingerprint density at radius 2 is 1.81 bits per heavy atom. The molecule has 3 rings (SSSR count). The standard InChI is InChI=1S/C16H9FO4/c17-13-4-2-1-3-12(13)16(19)20-11-7-5-10-6-8-15(18)21-14(10)9-11/h1-9H. The fourth-order valence-electron chi connectivity index (χ4n) is 1.89. The Balaban J connectivity index is 1.93. The highest BCUT2D eigenvalue weighted by atomic mass is 19.1. The summed E-state index contributed by atoms with van der Waals surface area (Å²) < 4.78 is 23.6. The van der Waals surface area contributed by atoms with Crippen molar-refractivity contribution < 1.29 is 18.3 Å². The number of ether oxygens (including phenoxy) is 1. The van der Waals surface area contributed by atoms with Crippen LogP contribution < -0.4 is 10.4 Å². The average molecular weight is 284 g/mol. The molecule has 0 aliphatic rings. The van der Waals surface area contributed by atoms with Gasteiger partial charge in [0.1, 0.15) is 17.1 Å². The van der Waals surface area contributed by atoms with E-state index in [1.807, 2.05) is 0 Å². The zero-order chi connectivity index (χ0) is 14.8. The van der Waals surface area contributed by atoms with E-state index in [0.717, 1.165) is 0 Å². The number of esters is 1. The predicted octanol–water partition coefficient (Wildman–Crippen LogP) is 3.15. The normalized spacial score (nSPS) is 10.5. The van der Waals surface area contributed by atoms with Crippen molar-refractivity contribution in [2.75, 3.05) is 0 Å². The summed E-state index contributed by atoms with van der Waals surface area (Å²) in [6.45, 7) is 0.